The second kappa shape index (κ2) is 7.55. The number of carbonyl (C=O) groups is 1. The summed E-state index contributed by atoms with van der Waals surface area (Å²) in [4.78, 5) is 14.2. The van der Waals surface area contributed by atoms with Crippen LogP contribution in [-0.4, -0.2) is 61.7 Å². The van der Waals surface area contributed by atoms with Gasteiger partial charge < -0.3 is 10.1 Å². The Morgan fingerprint density at radius 3 is 2.88 bits per heavy atom. The van der Waals surface area contributed by atoms with Gasteiger partial charge in [0.2, 0.25) is 5.91 Å². The maximum atomic E-state index is 13.1. The van der Waals surface area contributed by atoms with E-state index in [0.717, 1.165) is 13.1 Å². The van der Waals surface area contributed by atoms with Crippen LogP contribution < -0.4 is 10.6 Å². The number of alkyl halides is 2. The van der Waals surface area contributed by atoms with Crippen LogP contribution in [0, 0.1) is 0 Å². The van der Waals surface area contributed by atoms with Gasteiger partial charge in [-0.3, -0.25) is 15.0 Å². The van der Waals surface area contributed by atoms with Crippen LogP contribution in [0.15, 0.2) is 30.3 Å². The lowest BCUT2D eigenvalue weighted by molar-refractivity contribution is -0.124. The SMILES string of the molecule is O=C(NCC1CN(Cc2ccccc2)CCO1)C1CC(F)(F)CN1. The highest BCUT2D eigenvalue weighted by Gasteiger charge is 2.42. The van der Waals surface area contributed by atoms with Crippen LogP contribution in [0.1, 0.15) is 12.0 Å². The molecule has 5 nitrogen and oxygen atoms in total. The molecule has 2 atom stereocenters. The zero-order valence-electron chi connectivity index (χ0n) is 13.5. The van der Waals surface area contributed by atoms with E-state index in [0.29, 0.717) is 19.7 Å². The molecule has 0 aromatic heterocycles. The van der Waals surface area contributed by atoms with E-state index in [2.05, 4.69) is 27.7 Å². The summed E-state index contributed by atoms with van der Waals surface area (Å²) >= 11 is 0. The van der Waals surface area contributed by atoms with Crippen LogP contribution in [-0.2, 0) is 16.1 Å². The van der Waals surface area contributed by atoms with Gasteiger partial charge in [-0.2, -0.15) is 0 Å². The lowest BCUT2D eigenvalue weighted by atomic mass is 10.1. The second-order valence-electron chi connectivity index (χ2n) is 6.45. The predicted molar refractivity (Wildman–Crippen MR) is 85.8 cm³/mol. The Morgan fingerprint density at radius 2 is 2.17 bits per heavy atom. The van der Waals surface area contributed by atoms with Gasteiger partial charge in [0.25, 0.3) is 5.92 Å². The number of nitrogens with zero attached hydrogens (tertiary/aromatic N) is 1. The molecule has 2 N–H and O–H groups in total. The van der Waals surface area contributed by atoms with E-state index in [1.54, 1.807) is 0 Å². The van der Waals surface area contributed by atoms with E-state index in [1.807, 2.05) is 18.2 Å². The van der Waals surface area contributed by atoms with Crippen LogP contribution >= 0.6 is 0 Å². The fourth-order valence-electron chi connectivity index (χ4n) is 3.13. The summed E-state index contributed by atoms with van der Waals surface area (Å²) in [6.07, 6.45) is -0.557. The first-order chi connectivity index (χ1) is 11.5. The Kier molecular flexibility index (Phi) is 5.43. The molecule has 1 aromatic carbocycles. The molecule has 2 fully saturated rings. The molecule has 2 heterocycles. The van der Waals surface area contributed by atoms with Gasteiger partial charge in [0.1, 0.15) is 0 Å². The van der Waals surface area contributed by atoms with Crippen molar-refractivity contribution in [1.29, 1.82) is 0 Å². The third-order valence-corrected chi connectivity index (χ3v) is 4.40. The van der Waals surface area contributed by atoms with E-state index in [9.17, 15) is 13.6 Å². The Hall–Kier alpha value is -1.57. The molecule has 0 radical (unpaired) electrons. The Bertz CT molecular complexity index is 556. The van der Waals surface area contributed by atoms with Crippen molar-refractivity contribution in [1.82, 2.24) is 15.5 Å². The molecule has 0 bridgehead atoms. The number of ether oxygens (including phenoxy) is 1. The van der Waals surface area contributed by atoms with E-state index >= 15 is 0 Å². The fourth-order valence-corrected chi connectivity index (χ4v) is 3.13. The summed E-state index contributed by atoms with van der Waals surface area (Å²) in [6, 6.07) is 9.36. The van der Waals surface area contributed by atoms with Gasteiger partial charge in [-0.25, -0.2) is 8.78 Å². The number of morpholine rings is 1. The molecule has 2 aliphatic rings. The van der Waals surface area contributed by atoms with Crippen LogP contribution in [0.4, 0.5) is 8.78 Å². The zero-order chi connectivity index (χ0) is 17.0. The molecule has 0 saturated carbocycles. The van der Waals surface area contributed by atoms with Crippen LogP contribution in [0.25, 0.3) is 0 Å². The summed E-state index contributed by atoms with van der Waals surface area (Å²) in [6.45, 7) is 2.90. The first-order valence-electron chi connectivity index (χ1n) is 8.29. The molecule has 1 amide bonds. The van der Waals surface area contributed by atoms with E-state index in [-0.39, 0.29) is 12.0 Å². The molecule has 7 heteroatoms. The van der Waals surface area contributed by atoms with Crippen molar-refractivity contribution in [3.8, 4) is 0 Å². The second-order valence-corrected chi connectivity index (χ2v) is 6.45. The molecule has 2 unspecified atom stereocenters. The number of nitrogens with one attached hydrogen (secondary N) is 2. The fraction of sp³-hybridized carbons (Fsp3) is 0.588. The largest absolute Gasteiger partial charge is 0.374 e. The summed E-state index contributed by atoms with van der Waals surface area (Å²) < 4.78 is 31.9. The third-order valence-electron chi connectivity index (χ3n) is 4.40. The van der Waals surface area contributed by atoms with Crippen LogP contribution in [0.3, 0.4) is 0 Å². The average Bonchev–Trinajstić information content (AvgIpc) is 2.94. The van der Waals surface area contributed by atoms with E-state index in [1.165, 1.54) is 5.56 Å². The predicted octanol–water partition coefficient (Wildman–Crippen LogP) is 1.00. The molecule has 0 aliphatic carbocycles. The van der Waals surface area contributed by atoms with Gasteiger partial charge in [-0.1, -0.05) is 30.3 Å². The third kappa shape index (κ3) is 4.72. The molecule has 24 heavy (non-hydrogen) atoms. The van der Waals surface area contributed by atoms with Gasteiger partial charge in [-0.15, -0.1) is 0 Å². The van der Waals surface area contributed by atoms with Crippen LogP contribution in [0.2, 0.25) is 0 Å². The number of hydrogen-bond acceptors (Lipinski definition) is 4. The molecular weight excluding hydrogens is 316 g/mol. The summed E-state index contributed by atoms with van der Waals surface area (Å²) in [5.74, 6) is -3.17. The molecular formula is C17H23F2N3O2. The van der Waals surface area contributed by atoms with Crippen LogP contribution in [0.5, 0.6) is 0 Å². The average molecular weight is 339 g/mol. The number of rotatable bonds is 5. The Labute approximate surface area is 140 Å². The van der Waals surface area contributed by atoms with Crippen molar-refractivity contribution in [2.75, 3.05) is 32.8 Å². The lowest BCUT2D eigenvalue weighted by Gasteiger charge is -2.33. The normalized spacial score (nSPS) is 27.1. The van der Waals surface area contributed by atoms with Crippen molar-refractivity contribution in [3.63, 3.8) is 0 Å². The van der Waals surface area contributed by atoms with Crippen molar-refractivity contribution in [3.05, 3.63) is 35.9 Å². The first-order valence-corrected chi connectivity index (χ1v) is 8.29. The van der Waals surface area contributed by atoms with Gasteiger partial charge >= 0.3 is 0 Å². The molecule has 0 spiro atoms. The highest BCUT2D eigenvalue weighted by molar-refractivity contribution is 5.82. The number of amides is 1. The zero-order valence-corrected chi connectivity index (χ0v) is 13.5. The Balaban J connectivity index is 1.43. The van der Waals surface area contributed by atoms with Crippen molar-refractivity contribution < 1.29 is 18.3 Å². The number of benzene rings is 1. The smallest absolute Gasteiger partial charge is 0.262 e. The summed E-state index contributed by atoms with van der Waals surface area (Å²) in [7, 11) is 0. The minimum Gasteiger partial charge on any atom is -0.374 e. The lowest BCUT2D eigenvalue weighted by Crippen LogP contribution is -2.49. The van der Waals surface area contributed by atoms with E-state index in [4.69, 9.17) is 4.74 Å². The van der Waals surface area contributed by atoms with E-state index < -0.39 is 24.9 Å². The molecule has 132 valence electrons. The molecule has 1 aromatic rings. The van der Waals surface area contributed by atoms with Gasteiger partial charge in [-0.05, 0) is 5.56 Å². The molecule has 2 saturated heterocycles. The van der Waals surface area contributed by atoms with Crippen molar-refractivity contribution in [2.24, 2.45) is 0 Å². The topological polar surface area (TPSA) is 53.6 Å². The highest BCUT2D eigenvalue weighted by Crippen LogP contribution is 2.25. The van der Waals surface area contributed by atoms with Crippen molar-refractivity contribution >= 4 is 5.91 Å². The quantitative estimate of drug-likeness (QED) is 0.840. The van der Waals surface area contributed by atoms with Gasteiger partial charge in [0.15, 0.2) is 0 Å². The molecule has 2 aliphatic heterocycles. The van der Waals surface area contributed by atoms with Gasteiger partial charge in [0.05, 0.1) is 25.3 Å². The molecule has 3 rings (SSSR count). The minimum atomic E-state index is -2.80. The Morgan fingerprint density at radius 1 is 1.38 bits per heavy atom. The number of hydrogen-bond donors (Lipinski definition) is 2. The monoisotopic (exact) mass is 339 g/mol. The summed E-state index contributed by atoms with van der Waals surface area (Å²) in [5.41, 5.74) is 1.24. The van der Waals surface area contributed by atoms with Gasteiger partial charge in [0, 0.05) is 32.6 Å². The minimum absolute atomic E-state index is 0.117. The first kappa shape index (κ1) is 17.3. The summed E-state index contributed by atoms with van der Waals surface area (Å²) in [5, 5.41) is 5.29. The standard InChI is InChI=1S/C17H23F2N3O2/c18-17(19)8-15(21-12-17)16(23)20-9-14-11-22(6-7-24-14)10-13-4-2-1-3-5-13/h1-5,14-15,21H,6-12H2,(H,20,23). The number of halogens is 2. The van der Waals surface area contributed by atoms with Crippen molar-refractivity contribution in [2.45, 2.75) is 31.0 Å². The number of carbonyl (C=O) groups excluding carboxylic acids is 1. The maximum absolute atomic E-state index is 13.1. The highest BCUT2D eigenvalue weighted by atomic mass is 19.3. The maximum Gasteiger partial charge on any atom is 0.262 e.